The summed E-state index contributed by atoms with van der Waals surface area (Å²) < 4.78 is 0. The molecule has 0 radical (unpaired) electrons. The van der Waals surface area contributed by atoms with Gasteiger partial charge >= 0.3 is 0 Å². The second-order valence-corrected chi connectivity index (χ2v) is 3.63. The minimum absolute atomic E-state index is 0.857. The lowest BCUT2D eigenvalue weighted by atomic mass is 10.0. The number of aryl methyl sites for hydroxylation is 1. The molecule has 1 aromatic carbocycles. The normalized spacial score (nSPS) is 16.8. The zero-order valence-corrected chi connectivity index (χ0v) is 7.69. The molecule has 0 atom stereocenters. The molecule has 0 amide bonds. The predicted molar refractivity (Wildman–Crippen MR) is 51.5 cm³/mol. The van der Waals surface area contributed by atoms with Gasteiger partial charge in [-0.05, 0) is 42.6 Å². The number of hydrogen-bond donors (Lipinski definition) is 1. The predicted octanol–water partition coefficient (Wildman–Crippen LogP) is 2.38. The van der Waals surface area contributed by atoms with E-state index in [0.717, 1.165) is 24.5 Å². The summed E-state index contributed by atoms with van der Waals surface area (Å²) in [5, 5.41) is 4.24. The minimum atomic E-state index is 0.857. The third kappa shape index (κ3) is 1.62. The number of hydrogen-bond acceptors (Lipinski definition) is 1. The van der Waals surface area contributed by atoms with Crippen LogP contribution in [0.25, 0.3) is 0 Å². The average molecular weight is 182 g/mol. The number of nitrogens with one attached hydrogen (secondary N) is 1. The molecule has 0 fully saturated rings. The minimum Gasteiger partial charge on any atom is -0.313 e. The lowest BCUT2D eigenvalue weighted by Crippen LogP contribution is -2.11. The number of benzene rings is 1. The molecule has 0 aromatic heterocycles. The summed E-state index contributed by atoms with van der Waals surface area (Å²) >= 11 is 5.91. The molecule has 64 valence electrons. The van der Waals surface area contributed by atoms with Crippen molar-refractivity contribution in [2.75, 3.05) is 6.54 Å². The van der Waals surface area contributed by atoms with Gasteiger partial charge in [0.05, 0.1) is 0 Å². The second-order valence-electron chi connectivity index (χ2n) is 3.19. The van der Waals surface area contributed by atoms with E-state index in [1.165, 1.54) is 17.5 Å². The number of fused-ring (bicyclic) bond motifs is 1. The maximum absolute atomic E-state index is 5.91. The fraction of sp³-hybridized carbons (Fsp3) is 0.400. The molecule has 1 aliphatic heterocycles. The first-order valence-corrected chi connectivity index (χ1v) is 4.72. The monoisotopic (exact) mass is 181 g/mol. The number of halogens is 1. The first-order chi connectivity index (χ1) is 5.86. The highest BCUT2D eigenvalue weighted by Crippen LogP contribution is 2.19. The molecule has 0 saturated carbocycles. The molecule has 2 rings (SSSR count). The van der Waals surface area contributed by atoms with Crippen LogP contribution >= 0.6 is 11.6 Å². The van der Waals surface area contributed by atoms with Crippen LogP contribution < -0.4 is 5.32 Å². The van der Waals surface area contributed by atoms with Gasteiger partial charge in [0.15, 0.2) is 0 Å². The Kier molecular flexibility index (Phi) is 2.33. The molecular weight excluding hydrogens is 170 g/mol. The van der Waals surface area contributed by atoms with Crippen LogP contribution in [0, 0.1) is 0 Å². The van der Waals surface area contributed by atoms with Crippen LogP contribution in [0.5, 0.6) is 0 Å². The Balaban J connectivity index is 2.36. The van der Waals surface area contributed by atoms with Gasteiger partial charge in [0, 0.05) is 11.6 Å². The smallest absolute Gasteiger partial charge is 0.0408 e. The molecule has 1 heterocycles. The molecule has 0 unspecified atom stereocenters. The highest BCUT2D eigenvalue weighted by molar-refractivity contribution is 6.30. The van der Waals surface area contributed by atoms with Crippen LogP contribution in [-0.2, 0) is 13.0 Å². The van der Waals surface area contributed by atoms with Crippen molar-refractivity contribution in [2.24, 2.45) is 0 Å². The standard InChI is InChI=1S/C10H12ClN/c11-10-4-3-9-7-12-5-1-2-8(9)6-10/h3-4,6,12H,1-2,5,7H2. The maximum atomic E-state index is 5.91. The third-order valence-corrected chi connectivity index (χ3v) is 2.52. The van der Waals surface area contributed by atoms with Gasteiger partial charge in [-0.1, -0.05) is 17.7 Å². The van der Waals surface area contributed by atoms with E-state index in [1.807, 2.05) is 6.07 Å². The van der Waals surface area contributed by atoms with E-state index in [1.54, 1.807) is 0 Å². The summed E-state index contributed by atoms with van der Waals surface area (Å²) in [4.78, 5) is 0. The van der Waals surface area contributed by atoms with E-state index in [-0.39, 0.29) is 0 Å². The molecule has 1 aromatic rings. The van der Waals surface area contributed by atoms with Crippen LogP contribution in [0.15, 0.2) is 18.2 Å². The summed E-state index contributed by atoms with van der Waals surface area (Å²) in [5.41, 5.74) is 2.81. The average Bonchev–Trinajstić information content (AvgIpc) is 2.28. The van der Waals surface area contributed by atoms with Gasteiger partial charge in [0.1, 0.15) is 0 Å². The molecule has 1 N–H and O–H groups in total. The number of rotatable bonds is 0. The van der Waals surface area contributed by atoms with Crippen molar-refractivity contribution in [1.29, 1.82) is 0 Å². The van der Waals surface area contributed by atoms with Gasteiger partial charge in [-0.25, -0.2) is 0 Å². The molecule has 2 heteroatoms. The van der Waals surface area contributed by atoms with E-state index in [9.17, 15) is 0 Å². The van der Waals surface area contributed by atoms with Crippen molar-refractivity contribution in [1.82, 2.24) is 5.32 Å². The van der Waals surface area contributed by atoms with Crippen LogP contribution in [0.2, 0.25) is 5.02 Å². The lowest BCUT2D eigenvalue weighted by Gasteiger charge is -2.04. The Morgan fingerprint density at radius 2 is 2.17 bits per heavy atom. The van der Waals surface area contributed by atoms with E-state index in [4.69, 9.17) is 11.6 Å². The highest BCUT2D eigenvalue weighted by atomic mass is 35.5. The van der Waals surface area contributed by atoms with Crippen molar-refractivity contribution in [3.63, 3.8) is 0 Å². The molecule has 0 saturated heterocycles. The molecule has 1 nitrogen and oxygen atoms in total. The fourth-order valence-electron chi connectivity index (χ4n) is 1.63. The molecule has 0 bridgehead atoms. The molecule has 12 heavy (non-hydrogen) atoms. The zero-order valence-electron chi connectivity index (χ0n) is 6.94. The first-order valence-electron chi connectivity index (χ1n) is 4.34. The summed E-state index contributed by atoms with van der Waals surface area (Å²) in [6.07, 6.45) is 2.37. The van der Waals surface area contributed by atoms with Crippen LogP contribution in [0.1, 0.15) is 17.5 Å². The summed E-state index contributed by atoms with van der Waals surface area (Å²) in [6.45, 7) is 2.11. The van der Waals surface area contributed by atoms with Gasteiger partial charge in [0.2, 0.25) is 0 Å². The lowest BCUT2D eigenvalue weighted by molar-refractivity contribution is 0.681. The van der Waals surface area contributed by atoms with E-state index < -0.39 is 0 Å². The van der Waals surface area contributed by atoms with Crippen LogP contribution in [-0.4, -0.2) is 6.54 Å². The van der Waals surface area contributed by atoms with Crippen molar-refractivity contribution >= 4 is 11.6 Å². The van der Waals surface area contributed by atoms with E-state index >= 15 is 0 Å². The Bertz CT molecular complexity index is 283. The van der Waals surface area contributed by atoms with Crippen molar-refractivity contribution in [3.05, 3.63) is 34.3 Å². The van der Waals surface area contributed by atoms with E-state index in [0.29, 0.717) is 0 Å². The first kappa shape index (κ1) is 8.09. The van der Waals surface area contributed by atoms with Gasteiger partial charge in [-0.3, -0.25) is 0 Å². The SMILES string of the molecule is Clc1ccc2c(c1)CCCNC2. The van der Waals surface area contributed by atoms with Gasteiger partial charge < -0.3 is 5.32 Å². The Morgan fingerprint density at radius 3 is 3.08 bits per heavy atom. The van der Waals surface area contributed by atoms with Crippen LogP contribution in [0.4, 0.5) is 0 Å². The van der Waals surface area contributed by atoms with Crippen molar-refractivity contribution in [3.8, 4) is 0 Å². The Labute approximate surface area is 77.7 Å². The largest absolute Gasteiger partial charge is 0.313 e. The topological polar surface area (TPSA) is 12.0 Å². The van der Waals surface area contributed by atoms with Crippen LogP contribution in [0.3, 0.4) is 0 Å². The van der Waals surface area contributed by atoms with Crippen molar-refractivity contribution < 1.29 is 0 Å². The fourth-order valence-corrected chi connectivity index (χ4v) is 1.82. The molecule has 0 aliphatic carbocycles. The van der Waals surface area contributed by atoms with Gasteiger partial charge in [0.25, 0.3) is 0 Å². The van der Waals surface area contributed by atoms with Gasteiger partial charge in [-0.2, -0.15) is 0 Å². The molecular formula is C10H12ClN. The van der Waals surface area contributed by atoms with Crippen molar-refractivity contribution in [2.45, 2.75) is 19.4 Å². The second kappa shape index (κ2) is 3.46. The zero-order chi connectivity index (χ0) is 8.39. The summed E-state index contributed by atoms with van der Waals surface area (Å²) in [6, 6.07) is 6.17. The third-order valence-electron chi connectivity index (χ3n) is 2.28. The highest BCUT2D eigenvalue weighted by Gasteiger charge is 2.06. The molecule has 0 spiro atoms. The summed E-state index contributed by atoms with van der Waals surface area (Å²) in [7, 11) is 0. The summed E-state index contributed by atoms with van der Waals surface area (Å²) in [5.74, 6) is 0. The Hall–Kier alpha value is -0.530. The molecule has 1 aliphatic rings. The van der Waals surface area contributed by atoms with Gasteiger partial charge in [-0.15, -0.1) is 0 Å². The Morgan fingerprint density at radius 1 is 1.25 bits per heavy atom. The quantitative estimate of drug-likeness (QED) is 0.648. The van der Waals surface area contributed by atoms with E-state index in [2.05, 4.69) is 17.4 Å². The maximum Gasteiger partial charge on any atom is 0.0408 e.